The van der Waals surface area contributed by atoms with Gasteiger partial charge in [-0.1, -0.05) is 13.8 Å². The molecule has 0 N–H and O–H groups in total. The van der Waals surface area contributed by atoms with E-state index in [9.17, 15) is 0 Å². The van der Waals surface area contributed by atoms with Crippen LogP contribution in [0.3, 0.4) is 0 Å². The van der Waals surface area contributed by atoms with Gasteiger partial charge >= 0.3 is 0 Å². The summed E-state index contributed by atoms with van der Waals surface area (Å²) in [6.07, 6.45) is 0. The monoisotopic (exact) mass is 295 g/mol. The molecule has 1 aromatic carbocycles. The van der Waals surface area contributed by atoms with Gasteiger partial charge in [-0.05, 0) is 22.0 Å². The molecule has 0 aliphatic rings. The summed E-state index contributed by atoms with van der Waals surface area (Å²) >= 11 is 3.38. The van der Waals surface area contributed by atoms with E-state index in [4.69, 9.17) is 10.00 Å². The van der Waals surface area contributed by atoms with E-state index in [-0.39, 0.29) is 0 Å². The zero-order valence-corrected chi connectivity index (χ0v) is 11.9. The maximum Gasteiger partial charge on any atom is 0.146 e. The van der Waals surface area contributed by atoms with Gasteiger partial charge in [0, 0.05) is 18.5 Å². The fraction of sp³-hybridized carbons (Fsp3) is 0.333. The Kier molecular flexibility index (Phi) is 4.53. The fourth-order valence-electron chi connectivity index (χ4n) is 1.49. The molecule has 0 saturated carbocycles. The number of ether oxygens (including phenoxy) is 1. The number of hydrogen-bond acceptors (Lipinski definition) is 3. The number of rotatable bonds is 1. The van der Waals surface area contributed by atoms with Crippen LogP contribution in [0.2, 0.25) is 0 Å². The molecule has 0 radical (unpaired) electrons. The van der Waals surface area contributed by atoms with Gasteiger partial charge in [0.05, 0.1) is 17.1 Å². The maximum atomic E-state index is 8.97. The van der Waals surface area contributed by atoms with E-state index >= 15 is 0 Å². The van der Waals surface area contributed by atoms with Crippen LogP contribution in [0.15, 0.2) is 16.6 Å². The molecular formula is C12H14BrN3O. The molecule has 0 bridgehead atoms. The van der Waals surface area contributed by atoms with Gasteiger partial charge in [0.2, 0.25) is 0 Å². The van der Waals surface area contributed by atoms with Crippen LogP contribution < -0.4 is 4.74 Å². The summed E-state index contributed by atoms with van der Waals surface area (Å²) in [5, 5.41) is 14.0. The molecule has 0 fully saturated rings. The summed E-state index contributed by atoms with van der Waals surface area (Å²) in [5.74, 6) is 0.713. The Bertz CT molecular complexity index is 569. The SMILES string of the molecule is CC.COc1cc2nn(C)c(C#N)c2cc1Br. The highest BCUT2D eigenvalue weighted by molar-refractivity contribution is 9.10. The van der Waals surface area contributed by atoms with Gasteiger partial charge in [0.1, 0.15) is 17.5 Å². The van der Waals surface area contributed by atoms with Crippen molar-refractivity contribution in [2.75, 3.05) is 7.11 Å². The summed E-state index contributed by atoms with van der Waals surface area (Å²) in [5.41, 5.74) is 1.31. The highest BCUT2D eigenvalue weighted by Crippen LogP contribution is 2.30. The predicted molar refractivity (Wildman–Crippen MR) is 71.0 cm³/mol. The summed E-state index contributed by atoms with van der Waals surface area (Å²) in [4.78, 5) is 0. The Morgan fingerprint density at radius 3 is 2.59 bits per heavy atom. The fourth-order valence-corrected chi connectivity index (χ4v) is 2.00. The average molecular weight is 296 g/mol. The van der Waals surface area contributed by atoms with Crippen LogP contribution >= 0.6 is 15.9 Å². The second-order valence-corrected chi connectivity index (χ2v) is 3.94. The first-order chi connectivity index (χ1) is 8.17. The second-order valence-electron chi connectivity index (χ2n) is 3.09. The van der Waals surface area contributed by atoms with Crippen molar-refractivity contribution in [3.8, 4) is 11.8 Å². The summed E-state index contributed by atoms with van der Waals surface area (Å²) in [6, 6.07) is 5.77. The van der Waals surface area contributed by atoms with Crippen LogP contribution in [0.4, 0.5) is 0 Å². The van der Waals surface area contributed by atoms with Crippen LogP contribution in [0.1, 0.15) is 19.5 Å². The Balaban J connectivity index is 0.000000686. The highest BCUT2D eigenvalue weighted by Gasteiger charge is 2.11. The number of nitrogens with zero attached hydrogens (tertiary/aromatic N) is 3. The van der Waals surface area contributed by atoms with Gasteiger partial charge in [-0.15, -0.1) is 0 Å². The molecule has 90 valence electrons. The van der Waals surface area contributed by atoms with Crippen molar-refractivity contribution in [2.45, 2.75) is 13.8 Å². The molecule has 0 saturated heterocycles. The lowest BCUT2D eigenvalue weighted by molar-refractivity contribution is 0.412. The second kappa shape index (κ2) is 5.69. The van der Waals surface area contributed by atoms with E-state index in [1.165, 1.54) is 0 Å². The van der Waals surface area contributed by atoms with E-state index in [0.29, 0.717) is 11.4 Å². The van der Waals surface area contributed by atoms with E-state index in [2.05, 4.69) is 27.1 Å². The minimum absolute atomic E-state index is 0.549. The quantitative estimate of drug-likeness (QED) is 0.811. The molecule has 0 aliphatic carbocycles. The van der Waals surface area contributed by atoms with Crippen LogP contribution in [0.5, 0.6) is 5.75 Å². The van der Waals surface area contributed by atoms with Crippen LogP contribution in [0.25, 0.3) is 10.9 Å². The molecule has 0 spiro atoms. The number of aromatic nitrogens is 2. The molecule has 0 amide bonds. The predicted octanol–water partition coefficient (Wildman–Crippen LogP) is 3.24. The zero-order valence-electron chi connectivity index (χ0n) is 10.3. The topological polar surface area (TPSA) is 50.8 Å². The number of benzene rings is 1. The van der Waals surface area contributed by atoms with E-state index < -0.39 is 0 Å². The molecule has 1 heterocycles. The highest BCUT2D eigenvalue weighted by atomic mass is 79.9. The molecule has 4 nitrogen and oxygen atoms in total. The normalized spacial score (nSPS) is 9.41. The van der Waals surface area contributed by atoms with E-state index in [1.54, 1.807) is 24.9 Å². The van der Waals surface area contributed by atoms with Crippen molar-refractivity contribution in [3.05, 3.63) is 22.3 Å². The minimum atomic E-state index is 0.549. The Morgan fingerprint density at radius 1 is 1.41 bits per heavy atom. The lowest BCUT2D eigenvalue weighted by Gasteiger charge is -2.01. The van der Waals surface area contributed by atoms with E-state index in [1.807, 2.05) is 19.9 Å². The third kappa shape index (κ3) is 2.42. The number of halogens is 1. The Hall–Kier alpha value is -1.54. The van der Waals surface area contributed by atoms with Gasteiger partial charge in [-0.3, -0.25) is 4.68 Å². The molecule has 2 rings (SSSR count). The van der Waals surface area contributed by atoms with Crippen molar-refractivity contribution >= 4 is 26.8 Å². The average Bonchev–Trinajstić information content (AvgIpc) is 2.65. The molecule has 1 aromatic heterocycles. The molecule has 0 aliphatic heterocycles. The van der Waals surface area contributed by atoms with E-state index in [0.717, 1.165) is 15.4 Å². The number of methoxy groups -OCH3 is 1. The van der Waals surface area contributed by atoms with Gasteiger partial charge in [-0.2, -0.15) is 10.4 Å². The van der Waals surface area contributed by atoms with Gasteiger partial charge < -0.3 is 4.74 Å². The Labute approximate surface area is 109 Å². The number of aryl methyl sites for hydroxylation is 1. The van der Waals surface area contributed by atoms with Crippen molar-refractivity contribution in [1.29, 1.82) is 5.26 Å². The third-order valence-electron chi connectivity index (χ3n) is 2.21. The first-order valence-electron chi connectivity index (χ1n) is 5.27. The molecule has 0 atom stereocenters. The molecule has 0 unspecified atom stereocenters. The zero-order chi connectivity index (χ0) is 13.0. The summed E-state index contributed by atoms with van der Waals surface area (Å²) in [6.45, 7) is 4.00. The Morgan fingerprint density at radius 2 is 2.06 bits per heavy atom. The van der Waals surface area contributed by atoms with Gasteiger partial charge in [0.15, 0.2) is 0 Å². The molecular weight excluding hydrogens is 282 g/mol. The standard InChI is InChI=1S/C10H8BrN3O.C2H6/c1-14-9(5-12)6-3-7(11)10(15-2)4-8(6)13-14;1-2/h3-4H,1-2H3;1-2H3. The largest absolute Gasteiger partial charge is 0.495 e. The molecule has 2 aromatic rings. The van der Waals surface area contributed by atoms with Crippen LogP contribution in [-0.4, -0.2) is 16.9 Å². The van der Waals surface area contributed by atoms with Crippen molar-refractivity contribution in [3.63, 3.8) is 0 Å². The first kappa shape index (κ1) is 13.5. The number of nitriles is 1. The lowest BCUT2D eigenvalue weighted by Crippen LogP contribution is -1.92. The smallest absolute Gasteiger partial charge is 0.146 e. The molecule has 17 heavy (non-hydrogen) atoms. The number of fused-ring (bicyclic) bond motifs is 1. The molecule has 5 heteroatoms. The summed E-state index contributed by atoms with van der Waals surface area (Å²) < 4.78 is 7.54. The third-order valence-corrected chi connectivity index (χ3v) is 2.83. The van der Waals surface area contributed by atoms with Crippen molar-refractivity contribution in [1.82, 2.24) is 9.78 Å². The maximum absolute atomic E-state index is 8.97. The van der Waals surface area contributed by atoms with Crippen LogP contribution in [-0.2, 0) is 7.05 Å². The van der Waals surface area contributed by atoms with Crippen molar-refractivity contribution < 1.29 is 4.74 Å². The first-order valence-corrected chi connectivity index (χ1v) is 6.07. The van der Waals surface area contributed by atoms with Crippen LogP contribution in [0, 0.1) is 11.3 Å². The van der Waals surface area contributed by atoms with Gasteiger partial charge in [0.25, 0.3) is 0 Å². The summed E-state index contributed by atoms with van der Waals surface area (Å²) in [7, 11) is 3.35. The minimum Gasteiger partial charge on any atom is -0.495 e. The van der Waals surface area contributed by atoms with Gasteiger partial charge in [-0.25, -0.2) is 0 Å². The number of hydrogen-bond donors (Lipinski definition) is 0. The lowest BCUT2D eigenvalue weighted by atomic mass is 10.2. The van der Waals surface area contributed by atoms with Crippen molar-refractivity contribution in [2.24, 2.45) is 7.05 Å².